The molecule has 1 atom stereocenters. The van der Waals surface area contributed by atoms with Crippen molar-refractivity contribution >= 4 is 17.7 Å². The fraction of sp³-hybridized carbons (Fsp3) is 0.400. The summed E-state index contributed by atoms with van der Waals surface area (Å²) >= 11 is 0. The molecule has 5 rings (SSSR count). The van der Waals surface area contributed by atoms with Crippen LogP contribution in [0.3, 0.4) is 0 Å². The second kappa shape index (κ2) is 9.33. The summed E-state index contributed by atoms with van der Waals surface area (Å²) in [6.45, 7) is 0.631. The van der Waals surface area contributed by atoms with Crippen molar-refractivity contribution in [3.8, 4) is 5.75 Å². The van der Waals surface area contributed by atoms with Crippen molar-refractivity contribution in [3.05, 3.63) is 64.6 Å². The lowest BCUT2D eigenvalue weighted by atomic mass is 10.0. The lowest BCUT2D eigenvalue weighted by molar-refractivity contribution is -0.136. The fourth-order valence-corrected chi connectivity index (χ4v) is 3.62. The Balaban J connectivity index is 1.52. The summed E-state index contributed by atoms with van der Waals surface area (Å²) in [7, 11) is 0. The second-order valence-electron chi connectivity index (χ2n) is 7.47. The van der Waals surface area contributed by atoms with E-state index in [0.717, 1.165) is 0 Å². The van der Waals surface area contributed by atoms with Crippen molar-refractivity contribution in [1.29, 1.82) is 0 Å². The molecule has 2 aromatic carbocycles. The minimum absolute atomic E-state index is 0.148. The van der Waals surface area contributed by atoms with Gasteiger partial charge in [-0.15, -0.1) is 0 Å². The Morgan fingerprint density at radius 3 is 2.67 bits per heavy atom. The third kappa shape index (κ3) is 4.62. The number of benzene rings is 2. The standard InChI is InChI=1S/C25H27N3O5/c29-23-9-8-21(24(30)26-23)28-15-20-19(25(28)31)2-1-3-22(20)33-16-18-6-4-17(5-7-18)14-27-10-12-32-13-11-27/h1-7,21H,8-16H2,(H,26,29,30)/t21-/m1/s1/i1D,2D,3D,4D,5D,6D,7D,8D2,9D2,21D. The molecule has 0 unspecified atom stereocenters. The number of hydrogen-bond donors (Lipinski definition) is 1. The zero-order valence-electron chi connectivity index (χ0n) is 29.4. The lowest BCUT2D eigenvalue weighted by Gasteiger charge is -2.29. The normalized spacial score (nSPS) is 31.6. The Kier molecular flexibility index (Phi) is 3.32. The molecule has 0 saturated carbocycles. The first-order valence-electron chi connectivity index (χ1n) is 16.2. The van der Waals surface area contributed by atoms with E-state index in [2.05, 4.69) is 0 Å². The molecular formula is C25H27N3O5. The number of piperidine rings is 1. The van der Waals surface area contributed by atoms with Gasteiger partial charge in [0.2, 0.25) is 11.8 Å². The molecule has 3 aliphatic heterocycles. The van der Waals surface area contributed by atoms with Crippen molar-refractivity contribution in [2.24, 2.45) is 0 Å². The van der Waals surface area contributed by atoms with Gasteiger partial charge in [0, 0.05) is 42.6 Å². The number of rotatable bonds is 6. The zero-order chi connectivity index (χ0) is 33.4. The van der Waals surface area contributed by atoms with Crippen LogP contribution in [0.4, 0.5) is 0 Å². The number of imide groups is 1. The first-order valence-corrected chi connectivity index (χ1v) is 10.2. The van der Waals surface area contributed by atoms with E-state index in [0.29, 0.717) is 31.2 Å². The first kappa shape index (κ1) is 11.8. The highest BCUT2D eigenvalue weighted by Gasteiger charge is 2.40. The van der Waals surface area contributed by atoms with Crippen molar-refractivity contribution in [1.82, 2.24) is 15.1 Å². The molecule has 172 valence electrons. The average molecular weight is 462 g/mol. The third-order valence-corrected chi connectivity index (χ3v) is 5.30. The van der Waals surface area contributed by atoms with Gasteiger partial charge in [0.15, 0.2) is 0 Å². The highest BCUT2D eigenvalue weighted by molar-refractivity contribution is 6.05. The average Bonchev–Trinajstić information content (AvgIpc) is 3.34. The van der Waals surface area contributed by atoms with E-state index in [1.807, 2.05) is 4.90 Å². The molecule has 8 nitrogen and oxygen atoms in total. The lowest BCUT2D eigenvalue weighted by Crippen LogP contribution is -2.52. The molecule has 0 aliphatic carbocycles. The summed E-state index contributed by atoms with van der Waals surface area (Å²) in [5, 5.41) is 1.58. The summed E-state index contributed by atoms with van der Waals surface area (Å²) in [6, 6.07) is -7.16. The van der Waals surface area contributed by atoms with E-state index >= 15 is 0 Å². The predicted octanol–water partition coefficient (Wildman–Crippen LogP) is 1.86. The van der Waals surface area contributed by atoms with Crippen LogP contribution in [-0.4, -0.2) is 59.8 Å². The van der Waals surface area contributed by atoms with Gasteiger partial charge in [-0.05, 0) is 29.6 Å². The van der Waals surface area contributed by atoms with Crippen molar-refractivity contribution in [2.45, 2.75) is 38.5 Å². The quantitative estimate of drug-likeness (QED) is 0.661. The van der Waals surface area contributed by atoms with Crippen LogP contribution in [-0.2, 0) is 34.0 Å². The Bertz CT molecular complexity index is 1620. The van der Waals surface area contributed by atoms with Crippen molar-refractivity contribution < 1.29 is 40.3 Å². The molecule has 0 spiro atoms. The molecule has 0 aromatic heterocycles. The zero-order valence-corrected chi connectivity index (χ0v) is 17.4. The van der Waals surface area contributed by atoms with E-state index in [-0.39, 0.29) is 35.3 Å². The molecule has 3 aliphatic rings. The molecule has 0 bridgehead atoms. The van der Waals surface area contributed by atoms with Gasteiger partial charge in [0.1, 0.15) is 18.4 Å². The SMILES string of the molecule is [2H]c1c([2H])c(OCc2c([2H])c([2H])c(CN3CCOCC3)c([2H])c2[2H])c2c(c1[2H])C(=O)N([C@@]1([2H])C(=O)NC(=O)C([2H])([2H])C1([2H])[2H])C2. The summed E-state index contributed by atoms with van der Waals surface area (Å²) in [4.78, 5) is 40.7. The second-order valence-corrected chi connectivity index (χ2v) is 7.47. The first-order chi connectivity index (χ1) is 20.9. The van der Waals surface area contributed by atoms with Gasteiger partial charge >= 0.3 is 0 Å². The smallest absolute Gasteiger partial charge is 0.255 e. The maximum atomic E-state index is 13.5. The van der Waals surface area contributed by atoms with E-state index in [4.69, 9.17) is 25.9 Å². The van der Waals surface area contributed by atoms with Crippen LogP contribution in [0.25, 0.3) is 0 Å². The van der Waals surface area contributed by atoms with Crippen LogP contribution in [0.5, 0.6) is 5.75 Å². The van der Waals surface area contributed by atoms with Gasteiger partial charge in [-0.2, -0.15) is 0 Å². The van der Waals surface area contributed by atoms with Crippen LogP contribution in [0, 0.1) is 0 Å². The maximum absolute atomic E-state index is 13.5. The molecule has 2 fully saturated rings. The molecule has 3 amide bonds. The maximum Gasteiger partial charge on any atom is 0.255 e. The minimum Gasteiger partial charge on any atom is -0.489 e. The highest BCUT2D eigenvalue weighted by atomic mass is 16.5. The monoisotopic (exact) mass is 461 g/mol. The van der Waals surface area contributed by atoms with Gasteiger partial charge in [0.25, 0.3) is 5.91 Å². The molecule has 2 aromatic rings. The molecule has 3 heterocycles. The number of morpholine rings is 1. The number of ether oxygens (including phenoxy) is 2. The van der Waals surface area contributed by atoms with Gasteiger partial charge in [0.05, 0.1) is 30.7 Å². The summed E-state index contributed by atoms with van der Waals surface area (Å²) in [5.41, 5.74) is -0.972. The van der Waals surface area contributed by atoms with Crippen LogP contribution >= 0.6 is 0 Å². The Morgan fingerprint density at radius 1 is 1.12 bits per heavy atom. The summed E-state index contributed by atoms with van der Waals surface area (Å²) in [5.74, 6) is -5.12. The van der Waals surface area contributed by atoms with Gasteiger partial charge in [-0.25, -0.2) is 0 Å². The molecular weight excluding hydrogens is 422 g/mol. The largest absolute Gasteiger partial charge is 0.489 e. The number of fused-ring (bicyclic) bond motifs is 1. The number of carbonyl (C=O) groups is 3. The van der Waals surface area contributed by atoms with E-state index in [9.17, 15) is 14.4 Å². The Hall–Kier alpha value is -3.23. The number of hydrogen-bond acceptors (Lipinski definition) is 6. The number of nitrogens with one attached hydrogen (secondary N) is 1. The molecule has 33 heavy (non-hydrogen) atoms. The van der Waals surface area contributed by atoms with Crippen molar-refractivity contribution in [3.63, 3.8) is 0 Å². The molecule has 0 radical (unpaired) electrons. The highest BCUT2D eigenvalue weighted by Crippen LogP contribution is 2.34. The van der Waals surface area contributed by atoms with Crippen LogP contribution in [0.1, 0.15) is 56.2 Å². The number of carbonyl (C=O) groups excluding carboxylic acids is 3. The van der Waals surface area contributed by atoms with Crippen LogP contribution < -0.4 is 10.1 Å². The number of nitrogens with zero attached hydrogens (tertiary/aromatic N) is 2. The van der Waals surface area contributed by atoms with E-state index in [1.54, 1.807) is 5.32 Å². The fourth-order valence-electron chi connectivity index (χ4n) is 3.62. The van der Waals surface area contributed by atoms with Crippen LogP contribution in [0.15, 0.2) is 42.3 Å². The molecule has 2 saturated heterocycles. The van der Waals surface area contributed by atoms with Gasteiger partial charge in [-0.3, -0.25) is 24.6 Å². The third-order valence-electron chi connectivity index (χ3n) is 5.30. The Labute approximate surface area is 209 Å². The molecule has 8 heteroatoms. The van der Waals surface area contributed by atoms with E-state index < -0.39 is 91.2 Å². The topological polar surface area (TPSA) is 88.2 Å². The predicted molar refractivity (Wildman–Crippen MR) is 119 cm³/mol. The minimum atomic E-state index is -3.59. The van der Waals surface area contributed by atoms with Gasteiger partial charge in [-0.1, -0.05) is 30.2 Å². The summed E-state index contributed by atoms with van der Waals surface area (Å²) in [6.07, 6.45) is -7.03. The number of amides is 3. The molecule has 1 N–H and O–H groups in total. The van der Waals surface area contributed by atoms with E-state index in [1.165, 1.54) is 0 Å². The van der Waals surface area contributed by atoms with Crippen LogP contribution in [0.2, 0.25) is 0 Å². The summed E-state index contributed by atoms with van der Waals surface area (Å²) < 4.78 is 111. The van der Waals surface area contributed by atoms with Gasteiger partial charge < -0.3 is 14.4 Å². The Morgan fingerprint density at radius 2 is 1.88 bits per heavy atom. The van der Waals surface area contributed by atoms with Crippen molar-refractivity contribution in [2.75, 3.05) is 26.3 Å².